The van der Waals surface area contributed by atoms with Crippen LogP contribution in [0.2, 0.25) is 0 Å². The minimum absolute atomic E-state index is 1.18. The molecule has 0 unspecified atom stereocenters. The molecule has 0 spiro atoms. The number of benzene rings is 1. The normalized spacial score (nSPS) is 11.9. The Morgan fingerprint density at radius 2 is 1.79 bits per heavy atom. The van der Waals surface area contributed by atoms with Crippen LogP contribution in [0, 0.1) is 13.8 Å². The van der Waals surface area contributed by atoms with E-state index in [1.165, 1.54) is 35.1 Å². The first-order valence-corrected chi connectivity index (χ1v) is 5.42. The van der Waals surface area contributed by atoms with Crippen LogP contribution in [0.1, 0.15) is 43.4 Å². The van der Waals surface area contributed by atoms with E-state index >= 15 is 0 Å². The SMILES string of the molecule is C/C=C(/CCC)c1c(C)cccc1C. The van der Waals surface area contributed by atoms with Gasteiger partial charge in [-0.05, 0) is 49.5 Å². The van der Waals surface area contributed by atoms with E-state index in [4.69, 9.17) is 0 Å². The maximum absolute atomic E-state index is 2.25. The van der Waals surface area contributed by atoms with Gasteiger partial charge in [0.1, 0.15) is 0 Å². The minimum Gasteiger partial charge on any atom is -0.0838 e. The summed E-state index contributed by atoms with van der Waals surface area (Å²) in [6.45, 7) is 8.76. The van der Waals surface area contributed by atoms with Crippen LogP contribution in [0.4, 0.5) is 0 Å². The zero-order chi connectivity index (χ0) is 10.6. The van der Waals surface area contributed by atoms with E-state index < -0.39 is 0 Å². The molecular weight excluding hydrogens is 168 g/mol. The van der Waals surface area contributed by atoms with E-state index in [1.54, 1.807) is 0 Å². The van der Waals surface area contributed by atoms with Crippen LogP contribution < -0.4 is 0 Å². The average molecular weight is 188 g/mol. The topological polar surface area (TPSA) is 0 Å². The fourth-order valence-electron chi connectivity index (χ4n) is 2.00. The Morgan fingerprint density at radius 1 is 1.21 bits per heavy atom. The highest BCUT2D eigenvalue weighted by atomic mass is 14.1. The molecule has 0 radical (unpaired) electrons. The molecule has 76 valence electrons. The smallest absolute Gasteiger partial charge is 0.0169 e. The fourth-order valence-corrected chi connectivity index (χ4v) is 2.00. The fraction of sp³-hybridized carbons (Fsp3) is 0.429. The lowest BCUT2D eigenvalue weighted by atomic mass is 9.93. The maximum Gasteiger partial charge on any atom is -0.0169 e. The van der Waals surface area contributed by atoms with E-state index in [1.807, 2.05) is 0 Å². The van der Waals surface area contributed by atoms with Crippen molar-refractivity contribution in [3.63, 3.8) is 0 Å². The Kier molecular flexibility index (Phi) is 3.94. The number of rotatable bonds is 3. The van der Waals surface area contributed by atoms with Gasteiger partial charge in [-0.2, -0.15) is 0 Å². The van der Waals surface area contributed by atoms with Crippen molar-refractivity contribution in [1.82, 2.24) is 0 Å². The van der Waals surface area contributed by atoms with Gasteiger partial charge in [-0.1, -0.05) is 37.6 Å². The van der Waals surface area contributed by atoms with Gasteiger partial charge in [0, 0.05) is 0 Å². The summed E-state index contributed by atoms with van der Waals surface area (Å²) in [5.41, 5.74) is 5.73. The summed E-state index contributed by atoms with van der Waals surface area (Å²) in [5.74, 6) is 0. The molecule has 0 aliphatic rings. The highest BCUT2D eigenvalue weighted by Crippen LogP contribution is 2.26. The lowest BCUT2D eigenvalue weighted by Crippen LogP contribution is -1.92. The van der Waals surface area contributed by atoms with Crippen molar-refractivity contribution >= 4 is 5.57 Å². The molecule has 1 rings (SSSR count). The minimum atomic E-state index is 1.18. The Balaban J connectivity index is 3.16. The second-order valence-electron chi connectivity index (χ2n) is 3.83. The number of hydrogen-bond donors (Lipinski definition) is 0. The average Bonchev–Trinajstić information content (AvgIpc) is 2.16. The van der Waals surface area contributed by atoms with Crippen molar-refractivity contribution < 1.29 is 0 Å². The third kappa shape index (κ3) is 2.25. The van der Waals surface area contributed by atoms with Crippen molar-refractivity contribution in [2.24, 2.45) is 0 Å². The van der Waals surface area contributed by atoms with Gasteiger partial charge in [0.2, 0.25) is 0 Å². The van der Waals surface area contributed by atoms with Crippen molar-refractivity contribution in [2.45, 2.75) is 40.5 Å². The molecule has 1 aromatic carbocycles. The van der Waals surface area contributed by atoms with Crippen LogP contribution in [0.3, 0.4) is 0 Å². The van der Waals surface area contributed by atoms with Gasteiger partial charge < -0.3 is 0 Å². The van der Waals surface area contributed by atoms with Gasteiger partial charge in [0.25, 0.3) is 0 Å². The monoisotopic (exact) mass is 188 g/mol. The van der Waals surface area contributed by atoms with E-state index in [2.05, 4.69) is 52.0 Å². The second-order valence-corrected chi connectivity index (χ2v) is 3.83. The molecule has 0 heteroatoms. The molecule has 0 saturated heterocycles. The molecular formula is C14H20. The van der Waals surface area contributed by atoms with Crippen LogP contribution in [0.5, 0.6) is 0 Å². The van der Waals surface area contributed by atoms with Gasteiger partial charge in [-0.25, -0.2) is 0 Å². The number of allylic oxidation sites excluding steroid dienone is 2. The summed E-state index contributed by atoms with van der Waals surface area (Å²) >= 11 is 0. The first-order valence-electron chi connectivity index (χ1n) is 5.42. The Bertz CT molecular complexity index is 312. The molecule has 0 bridgehead atoms. The van der Waals surface area contributed by atoms with Crippen LogP contribution in [-0.4, -0.2) is 0 Å². The Morgan fingerprint density at radius 3 is 2.21 bits per heavy atom. The van der Waals surface area contributed by atoms with Crippen LogP contribution in [0.25, 0.3) is 5.57 Å². The largest absolute Gasteiger partial charge is 0.0838 e. The molecule has 0 aliphatic carbocycles. The summed E-state index contributed by atoms with van der Waals surface area (Å²) in [6.07, 6.45) is 4.65. The molecule has 0 aromatic heterocycles. The van der Waals surface area contributed by atoms with Crippen LogP contribution in [-0.2, 0) is 0 Å². The van der Waals surface area contributed by atoms with E-state index in [0.29, 0.717) is 0 Å². The molecule has 0 atom stereocenters. The molecule has 1 aromatic rings. The molecule has 14 heavy (non-hydrogen) atoms. The molecule has 0 aliphatic heterocycles. The first kappa shape index (κ1) is 11.0. The van der Waals surface area contributed by atoms with E-state index in [-0.39, 0.29) is 0 Å². The number of hydrogen-bond acceptors (Lipinski definition) is 0. The molecule has 0 nitrogen and oxygen atoms in total. The molecule has 0 heterocycles. The second kappa shape index (κ2) is 4.99. The quantitative estimate of drug-likeness (QED) is 0.655. The Hall–Kier alpha value is -1.04. The predicted molar refractivity (Wildman–Crippen MR) is 64.5 cm³/mol. The third-order valence-electron chi connectivity index (χ3n) is 2.67. The molecule has 0 N–H and O–H groups in total. The lowest BCUT2D eigenvalue weighted by molar-refractivity contribution is 0.968. The summed E-state index contributed by atoms with van der Waals surface area (Å²) in [6, 6.07) is 6.52. The van der Waals surface area contributed by atoms with Gasteiger partial charge in [0.05, 0.1) is 0 Å². The van der Waals surface area contributed by atoms with Crippen molar-refractivity contribution in [3.05, 3.63) is 41.0 Å². The predicted octanol–water partition coefficient (Wildman–Crippen LogP) is 4.51. The van der Waals surface area contributed by atoms with Gasteiger partial charge in [-0.3, -0.25) is 0 Å². The van der Waals surface area contributed by atoms with Crippen molar-refractivity contribution in [1.29, 1.82) is 0 Å². The highest BCUT2D eigenvalue weighted by Gasteiger charge is 2.05. The highest BCUT2D eigenvalue weighted by molar-refractivity contribution is 5.70. The molecule has 0 amide bonds. The van der Waals surface area contributed by atoms with Crippen molar-refractivity contribution in [2.75, 3.05) is 0 Å². The van der Waals surface area contributed by atoms with E-state index in [9.17, 15) is 0 Å². The van der Waals surface area contributed by atoms with E-state index in [0.717, 1.165) is 0 Å². The Labute approximate surface area is 87.7 Å². The summed E-state index contributed by atoms with van der Waals surface area (Å²) in [4.78, 5) is 0. The summed E-state index contributed by atoms with van der Waals surface area (Å²) in [7, 11) is 0. The maximum atomic E-state index is 2.25. The van der Waals surface area contributed by atoms with Gasteiger partial charge in [-0.15, -0.1) is 0 Å². The third-order valence-corrected chi connectivity index (χ3v) is 2.67. The van der Waals surface area contributed by atoms with Gasteiger partial charge >= 0.3 is 0 Å². The van der Waals surface area contributed by atoms with Gasteiger partial charge in [0.15, 0.2) is 0 Å². The lowest BCUT2D eigenvalue weighted by Gasteiger charge is -2.12. The standard InChI is InChI=1S/C14H20/c1-5-8-13(6-2)14-11(3)9-7-10-12(14)4/h6-7,9-10H,5,8H2,1-4H3/b13-6-. The zero-order valence-corrected chi connectivity index (χ0v) is 9.72. The zero-order valence-electron chi connectivity index (χ0n) is 9.72. The number of aryl methyl sites for hydroxylation is 2. The first-order chi connectivity index (χ1) is 6.70. The van der Waals surface area contributed by atoms with Crippen LogP contribution in [0.15, 0.2) is 24.3 Å². The van der Waals surface area contributed by atoms with Crippen LogP contribution >= 0.6 is 0 Å². The summed E-state index contributed by atoms with van der Waals surface area (Å²) in [5, 5.41) is 0. The van der Waals surface area contributed by atoms with Crippen molar-refractivity contribution in [3.8, 4) is 0 Å². The molecule has 0 saturated carbocycles. The molecule has 0 fully saturated rings. The summed E-state index contributed by atoms with van der Waals surface area (Å²) < 4.78 is 0.